The molecule has 0 saturated carbocycles. The second-order valence-corrected chi connectivity index (χ2v) is 6.95. The zero-order chi connectivity index (χ0) is 19.9. The summed E-state index contributed by atoms with van der Waals surface area (Å²) >= 11 is 0. The van der Waals surface area contributed by atoms with Gasteiger partial charge in [-0.1, -0.05) is 43.3 Å². The van der Waals surface area contributed by atoms with Crippen LogP contribution in [0.2, 0.25) is 0 Å². The van der Waals surface area contributed by atoms with Gasteiger partial charge in [-0.25, -0.2) is 0 Å². The highest BCUT2D eigenvalue weighted by molar-refractivity contribution is 5.79. The Bertz CT molecular complexity index is 743. The van der Waals surface area contributed by atoms with Crippen LogP contribution in [0.25, 0.3) is 0 Å². The van der Waals surface area contributed by atoms with Gasteiger partial charge in [-0.05, 0) is 36.6 Å². The highest BCUT2D eigenvalue weighted by atomic mass is 16.5. The van der Waals surface area contributed by atoms with E-state index >= 15 is 0 Å². The van der Waals surface area contributed by atoms with Gasteiger partial charge in [0.25, 0.3) is 0 Å². The predicted octanol–water partition coefficient (Wildman–Crippen LogP) is 3.44. The smallest absolute Gasteiger partial charge is 0.227 e. The summed E-state index contributed by atoms with van der Waals surface area (Å²) in [4.78, 5) is 14.7. The van der Waals surface area contributed by atoms with Gasteiger partial charge in [0, 0.05) is 13.1 Å². The number of hydrogen-bond acceptors (Lipinski definition) is 4. The van der Waals surface area contributed by atoms with Gasteiger partial charge in [-0.2, -0.15) is 0 Å². The Morgan fingerprint density at radius 1 is 1.04 bits per heavy atom. The SMILES string of the molecule is CC[C@](C)(O)CN(Cc1ccccc1)C(=O)Cc1ccc(OC)c(OC)c1. The minimum absolute atomic E-state index is 0.0419. The lowest BCUT2D eigenvalue weighted by Crippen LogP contribution is -2.43. The molecular formula is C22H29NO4. The standard InChI is InChI=1S/C22H29NO4/c1-5-22(2,25)16-23(15-17-9-7-6-8-10-17)21(24)14-18-11-12-19(26-3)20(13-18)27-4/h6-13,25H,5,14-16H2,1-4H3/t22-/m0/s1. The first-order valence-corrected chi connectivity index (χ1v) is 9.13. The first-order chi connectivity index (χ1) is 12.9. The van der Waals surface area contributed by atoms with Crippen molar-refractivity contribution in [2.75, 3.05) is 20.8 Å². The van der Waals surface area contributed by atoms with Gasteiger partial charge < -0.3 is 19.5 Å². The molecule has 0 aliphatic rings. The number of aliphatic hydroxyl groups is 1. The predicted molar refractivity (Wildman–Crippen MR) is 106 cm³/mol. The average Bonchev–Trinajstić information content (AvgIpc) is 2.68. The first-order valence-electron chi connectivity index (χ1n) is 9.13. The molecule has 0 saturated heterocycles. The summed E-state index contributed by atoms with van der Waals surface area (Å²) in [7, 11) is 3.15. The molecule has 1 N–H and O–H groups in total. The van der Waals surface area contributed by atoms with E-state index in [1.807, 2.05) is 49.4 Å². The molecule has 0 unspecified atom stereocenters. The number of rotatable bonds is 9. The number of nitrogens with zero attached hydrogens (tertiary/aromatic N) is 1. The Morgan fingerprint density at radius 3 is 2.30 bits per heavy atom. The molecule has 0 aliphatic heterocycles. The molecule has 146 valence electrons. The number of carbonyl (C=O) groups is 1. The summed E-state index contributed by atoms with van der Waals surface area (Å²) in [6, 6.07) is 15.3. The fourth-order valence-corrected chi connectivity index (χ4v) is 2.84. The van der Waals surface area contributed by atoms with Crippen molar-refractivity contribution in [3.05, 3.63) is 59.7 Å². The molecule has 0 aliphatic carbocycles. The Kier molecular flexibility index (Phi) is 7.25. The van der Waals surface area contributed by atoms with Crippen LogP contribution in [-0.4, -0.2) is 42.3 Å². The molecule has 5 heteroatoms. The molecule has 2 aromatic rings. The number of amides is 1. The molecule has 1 amide bonds. The molecule has 2 aromatic carbocycles. The molecule has 5 nitrogen and oxygen atoms in total. The molecule has 0 heterocycles. The van der Waals surface area contributed by atoms with E-state index < -0.39 is 5.60 Å². The normalized spacial score (nSPS) is 12.9. The Morgan fingerprint density at radius 2 is 1.70 bits per heavy atom. The van der Waals surface area contributed by atoms with Crippen LogP contribution in [-0.2, 0) is 17.8 Å². The molecular weight excluding hydrogens is 342 g/mol. The number of hydrogen-bond donors (Lipinski definition) is 1. The van der Waals surface area contributed by atoms with E-state index in [4.69, 9.17) is 9.47 Å². The number of benzene rings is 2. The van der Waals surface area contributed by atoms with Gasteiger partial charge in [-0.3, -0.25) is 4.79 Å². The third kappa shape index (κ3) is 6.00. The third-order valence-corrected chi connectivity index (χ3v) is 4.67. The van der Waals surface area contributed by atoms with E-state index in [9.17, 15) is 9.90 Å². The highest BCUT2D eigenvalue weighted by Crippen LogP contribution is 2.28. The van der Waals surface area contributed by atoms with Gasteiger partial charge in [0.2, 0.25) is 5.91 Å². The number of carbonyl (C=O) groups excluding carboxylic acids is 1. The van der Waals surface area contributed by atoms with E-state index in [1.54, 1.807) is 32.1 Å². The van der Waals surface area contributed by atoms with Crippen LogP contribution < -0.4 is 9.47 Å². The van der Waals surface area contributed by atoms with Crippen LogP contribution in [0.5, 0.6) is 11.5 Å². The van der Waals surface area contributed by atoms with Crippen LogP contribution in [0.3, 0.4) is 0 Å². The van der Waals surface area contributed by atoms with Crippen LogP contribution in [0.1, 0.15) is 31.4 Å². The number of methoxy groups -OCH3 is 2. The molecule has 2 rings (SSSR count). The van der Waals surface area contributed by atoms with Gasteiger partial charge >= 0.3 is 0 Å². The topological polar surface area (TPSA) is 59.0 Å². The lowest BCUT2D eigenvalue weighted by molar-refractivity contribution is -0.134. The summed E-state index contributed by atoms with van der Waals surface area (Å²) in [6.07, 6.45) is 0.801. The maximum atomic E-state index is 13.0. The second-order valence-electron chi connectivity index (χ2n) is 6.95. The second kappa shape index (κ2) is 9.42. The van der Waals surface area contributed by atoms with Crippen molar-refractivity contribution in [2.45, 2.75) is 38.8 Å². The van der Waals surface area contributed by atoms with Gasteiger partial charge in [0.05, 0.1) is 26.2 Å². The van der Waals surface area contributed by atoms with E-state index in [-0.39, 0.29) is 18.9 Å². The third-order valence-electron chi connectivity index (χ3n) is 4.67. The monoisotopic (exact) mass is 371 g/mol. The largest absolute Gasteiger partial charge is 0.493 e. The summed E-state index contributed by atoms with van der Waals surface area (Å²) < 4.78 is 10.6. The Hall–Kier alpha value is -2.53. The van der Waals surface area contributed by atoms with Gasteiger partial charge in [0.1, 0.15) is 0 Å². The van der Waals surface area contributed by atoms with E-state index in [0.29, 0.717) is 24.5 Å². The van der Waals surface area contributed by atoms with Crippen LogP contribution in [0.15, 0.2) is 48.5 Å². The minimum atomic E-state index is -0.929. The quantitative estimate of drug-likeness (QED) is 0.734. The molecule has 0 aromatic heterocycles. The van der Waals surface area contributed by atoms with Crippen molar-refractivity contribution >= 4 is 5.91 Å². The zero-order valence-corrected chi connectivity index (χ0v) is 16.6. The lowest BCUT2D eigenvalue weighted by Gasteiger charge is -2.31. The molecule has 0 bridgehead atoms. The Labute approximate surface area is 161 Å². The Balaban J connectivity index is 2.19. The van der Waals surface area contributed by atoms with Crippen LogP contribution in [0.4, 0.5) is 0 Å². The summed E-state index contributed by atoms with van der Waals surface area (Å²) in [5, 5.41) is 10.5. The fraction of sp³-hybridized carbons (Fsp3) is 0.409. The maximum absolute atomic E-state index is 13.0. The minimum Gasteiger partial charge on any atom is -0.493 e. The first kappa shape index (κ1) is 20.8. The van der Waals surface area contributed by atoms with E-state index in [0.717, 1.165) is 11.1 Å². The highest BCUT2D eigenvalue weighted by Gasteiger charge is 2.25. The summed E-state index contributed by atoms with van der Waals surface area (Å²) in [6.45, 7) is 4.42. The van der Waals surface area contributed by atoms with Gasteiger partial charge in [0.15, 0.2) is 11.5 Å². The van der Waals surface area contributed by atoms with Gasteiger partial charge in [-0.15, -0.1) is 0 Å². The molecule has 0 spiro atoms. The van der Waals surface area contributed by atoms with Crippen molar-refractivity contribution < 1.29 is 19.4 Å². The van der Waals surface area contributed by atoms with Crippen LogP contribution in [0, 0.1) is 0 Å². The van der Waals surface area contributed by atoms with Crippen LogP contribution >= 0.6 is 0 Å². The van der Waals surface area contributed by atoms with Crippen molar-refractivity contribution in [3.8, 4) is 11.5 Å². The van der Waals surface area contributed by atoms with Crippen molar-refractivity contribution in [2.24, 2.45) is 0 Å². The molecule has 0 radical (unpaired) electrons. The lowest BCUT2D eigenvalue weighted by atomic mass is 10.0. The maximum Gasteiger partial charge on any atom is 0.227 e. The van der Waals surface area contributed by atoms with E-state index in [1.165, 1.54) is 0 Å². The molecule has 1 atom stereocenters. The summed E-state index contributed by atoms with van der Waals surface area (Å²) in [5.74, 6) is 1.18. The zero-order valence-electron chi connectivity index (χ0n) is 16.6. The van der Waals surface area contributed by atoms with Crippen molar-refractivity contribution in [1.29, 1.82) is 0 Å². The summed E-state index contributed by atoms with van der Waals surface area (Å²) in [5.41, 5.74) is 0.944. The van der Waals surface area contributed by atoms with Crippen molar-refractivity contribution in [1.82, 2.24) is 4.90 Å². The molecule has 0 fully saturated rings. The number of ether oxygens (including phenoxy) is 2. The van der Waals surface area contributed by atoms with Crippen molar-refractivity contribution in [3.63, 3.8) is 0 Å². The fourth-order valence-electron chi connectivity index (χ4n) is 2.84. The van der Waals surface area contributed by atoms with E-state index in [2.05, 4.69) is 0 Å². The molecule has 27 heavy (non-hydrogen) atoms. The average molecular weight is 371 g/mol.